The molecule has 0 unspecified atom stereocenters. The van der Waals surface area contributed by atoms with Gasteiger partial charge in [-0.3, -0.25) is 4.98 Å². The second kappa shape index (κ2) is 4.65. The van der Waals surface area contributed by atoms with Gasteiger partial charge in [0.1, 0.15) is 0 Å². The van der Waals surface area contributed by atoms with Crippen molar-refractivity contribution in [3.05, 3.63) is 24.0 Å². The maximum atomic E-state index is 4.27. The Morgan fingerprint density at radius 3 is 2.82 bits per heavy atom. The molecule has 1 aromatic rings. The zero-order chi connectivity index (χ0) is 11.7. The lowest BCUT2D eigenvalue weighted by molar-refractivity contribution is 0.681. The number of pyridine rings is 1. The summed E-state index contributed by atoms with van der Waals surface area (Å²) in [5.74, 6) is 0. The van der Waals surface area contributed by atoms with Gasteiger partial charge in [-0.15, -0.1) is 0 Å². The Kier molecular flexibility index (Phi) is 3.02. The predicted octanol–water partition coefficient (Wildman–Crippen LogP) is 2.32. The molecule has 0 amide bonds. The van der Waals surface area contributed by atoms with E-state index in [1.165, 1.54) is 36.9 Å². The second-order valence-electron chi connectivity index (χ2n) is 5.18. The van der Waals surface area contributed by atoms with Crippen LogP contribution < -0.4 is 10.2 Å². The number of hydrogen-bond donors (Lipinski definition) is 1. The summed E-state index contributed by atoms with van der Waals surface area (Å²) in [6.45, 7) is 4.32. The van der Waals surface area contributed by atoms with Crippen LogP contribution in [0.5, 0.6) is 0 Å². The summed E-state index contributed by atoms with van der Waals surface area (Å²) in [5.41, 5.74) is 2.74. The Hall–Kier alpha value is -1.09. The van der Waals surface area contributed by atoms with E-state index in [0.717, 1.165) is 25.2 Å². The summed E-state index contributed by atoms with van der Waals surface area (Å²) in [4.78, 5) is 6.81. The first-order chi connectivity index (χ1) is 8.38. The number of nitrogens with one attached hydrogen (secondary N) is 1. The van der Waals surface area contributed by atoms with Crippen LogP contribution in [0.15, 0.2) is 18.5 Å². The van der Waals surface area contributed by atoms with Crippen molar-refractivity contribution in [1.29, 1.82) is 0 Å². The normalized spacial score (nSPS) is 19.4. The fourth-order valence-corrected chi connectivity index (χ4v) is 2.39. The quantitative estimate of drug-likeness (QED) is 0.814. The summed E-state index contributed by atoms with van der Waals surface area (Å²) in [5, 5.41) is 3.58. The molecule has 0 saturated heterocycles. The molecule has 2 aliphatic rings. The maximum Gasteiger partial charge on any atom is 0.0445 e. The highest BCUT2D eigenvalue weighted by Crippen LogP contribution is 2.33. The highest BCUT2D eigenvalue weighted by Gasteiger charge is 2.29. The van der Waals surface area contributed by atoms with Crippen LogP contribution in [0.25, 0.3) is 0 Å². The van der Waals surface area contributed by atoms with Crippen LogP contribution in [-0.4, -0.2) is 23.6 Å². The van der Waals surface area contributed by atoms with Crippen molar-refractivity contribution < 1.29 is 0 Å². The monoisotopic (exact) mass is 231 g/mol. The minimum absolute atomic E-state index is 0.763. The molecule has 2 aliphatic carbocycles. The summed E-state index contributed by atoms with van der Waals surface area (Å²) < 4.78 is 0. The minimum atomic E-state index is 0.763. The zero-order valence-corrected chi connectivity index (χ0v) is 10.5. The van der Waals surface area contributed by atoms with E-state index in [9.17, 15) is 0 Å². The number of rotatable bonds is 6. The van der Waals surface area contributed by atoms with Gasteiger partial charge in [-0.1, -0.05) is 0 Å². The molecule has 3 nitrogen and oxygen atoms in total. The topological polar surface area (TPSA) is 28.2 Å². The molecule has 0 atom stereocenters. The van der Waals surface area contributed by atoms with Crippen molar-refractivity contribution in [1.82, 2.24) is 10.3 Å². The molecule has 0 aromatic carbocycles. The lowest BCUT2D eigenvalue weighted by Crippen LogP contribution is -2.27. The lowest BCUT2D eigenvalue weighted by Gasteiger charge is -2.25. The molecular formula is C14H21N3. The van der Waals surface area contributed by atoms with Crippen molar-refractivity contribution in [2.24, 2.45) is 0 Å². The van der Waals surface area contributed by atoms with E-state index in [2.05, 4.69) is 28.2 Å². The standard InChI is InChI=1S/C14H21N3/c1-2-17(13-5-6-13)14-7-8-15-9-11(14)10-16-12-3-4-12/h7-9,12-13,16H,2-6,10H2,1H3. The van der Waals surface area contributed by atoms with E-state index < -0.39 is 0 Å². The van der Waals surface area contributed by atoms with Gasteiger partial charge in [0.25, 0.3) is 0 Å². The van der Waals surface area contributed by atoms with Crippen LogP contribution in [0.2, 0.25) is 0 Å². The molecule has 1 N–H and O–H groups in total. The van der Waals surface area contributed by atoms with Crippen molar-refractivity contribution in [2.45, 2.75) is 51.2 Å². The van der Waals surface area contributed by atoms with Gasteiger partial charge in [-0.2, -0.15) is 0 Å². The predicted molar refractivity (Wildman–Crippen MR) is 70.1 cm³/mol. The fraction of sp³-hybridized carbons (Fsp3) is 0.643. The SMILES string of the molecule is CCN(c1ccncc1CNC1CC1)C1CC1. The van der Waals surface area contributed by atoms with Gasteiger partial charge in [-0.05, 0) is 38.7 Å². The van der Waals surface area contributed by atoms with Gasteiger partial charge >= 0.3 is 0 Å². The van der Waals surface area contributed by atoms with Crippen LogP contribution >= 0.6 is 0 Å². The van der Waals surface area contributed by atoms with E-state index >= 15 is 0 Å². The maximum absolute atomic E-state index is 4.27. The van der Waals surface area contributed by atoms with Gasteiger partial charge < -0.3 is 10.2 Å². The second-order valence-corrected chi connectivity index (χ2v) is 5.18. The zero-order valence-electron chi connectivity index (χ0n) is 10.5. The van der Waals surface area contributed by atoms with Gasteiger partial charge in [0, 0.05) is 48.8 Å². The van der Waals surface area contributed by atoms with Crippen molar-refractivity contribution >= 4 is 5.69 Å². The van der Waals surface area contributed by atoms with Gasteiger partial charge in [0.2, 0.25) is 0 Å². The molecule has 2 saturated carbocycles. The smallest absolute Gasteiger partial charge is 0.0445 e. The largest absolute Gasteiger partial charge is 0.368 e. The van der Waals surface area contributed by atoms with Gasteiger partial charge in [-0.25, -0.2) is 0 Å². The summed E-state index contributed by atoms with van der Waals surface area (Å²) in [7, 11) is 0. The molecule has 0 aliphatic heterocycles. The van der Waals surface area contributed by atoms with E-state index in [-0.39, 0.29) is 0 Å². The average Bonchev–Trinajstić information content (AvgIpc) is 3.23. The molecule has 2 fully saturated rings. The third-order valence-corrected chi connectivity index (χ3v) is 3.67. The molecule has 0 bridgehead atoms. The summed E-state index contributed by atoms with van der Waals surface area (Å²) in [6.07, 6.45) is 9.33. The van der Waals surface area contributed by atoms with Crippen LogP contribution in [-0.2, 0) is 6.54 Å². The Labute approximate surface area is 103 Å². The minimum Gasteiger partial charge on any atom is -0.368 e. The first-order valence-corrected chi connectivity index (χ1v) is 6.81. The summed E-state index contributed by atoms with van der Waals surface area (Å²) in [6, 6.07) is 3.72. The number of aromatic nitrogens is 1. The van der Waals surface area contributed by atoms with Crippen LogP contribution in [0.1, 0.15) is 38.2 Å². The van der Waals surface area contributed by atoms with E-state index in [1.54, 1.807) is 0 Å². The van der Waals surface area contributed by atoms with Crippen molar-refractivity contribution in [3.8, 4) is 0 Å². The van der Waals surface area contributed by atoms with Gasteiger partial charge in [0.05, 0.1) is 0 Å². The highest BCUT2D eigenvalue weighted by molar-refractivity contribution is 5.54. The van der Waals surface area contributed by atoms with Crippen molar-refractivity contribution in [3.63, 3.8) is 0 Å². The first-order valence-electron chi connectivity index (χ1n) is 6.81. The molecule has 1 aromatic heterocycles. The summed E-state index contributed by atoms with van der Waals surface area (Å²) >= 11 is 0. The molecule has 3 heteroatoms. The van der Waals surface area contributed by atoms with Crippen LogP contribution in [0, 0.1) is 0 Å². The van der Waals surface area contributed by atoms with E-state index in [4.69, 9.17) is 0 Å². The van der Waals surface area contributed by atoms with Crippen LogP contribution in [0.4, 0.5) is 5.69 Å². The Balaban J connectivity index is 1.75. The molecule has 17 heavy (non-hydrogen) atoms. The number of anilines is 1. The highest BCUT2D eigenvalue weighted by atomic mass is 15.2. The third kappa shape index (κ3) is 2.60. The average molecular weight is 231 g/mol. The number of hydrogen-bond acceptors (Lipinski definition) is 3. The Bertz CT molecular complexity index is 383. The fourth-order valence-electron chi connectivity index (χ4n) is 2.39. The Morgan fingerprint density at radius 1 is 1.35 bits per heavy atom. The van der Waals surface area contributed by atoms with Crippen LogP contribution in [0.3, 0.4) is 0 Å². The molecule has 1 heterocycles. The van der Waals surface area contributed by atoms with Gasteiger partial charge in [0.15, 0.2) is 0 Å². The molecule has 0 radical (unpaired) electrons. The molecule has 0 spiro atoms. The lowest BCUT2D eigenvalue weighted by atomic mass is 10.2. The number of nitrogens with zero attached hydrogens (tertiary/aromatic N) is 2. The Morgan fingerprint density at radius 2 is 2.18 bits per heavy atom. The van der Waals surface area contributed by atoms with Crippen molar-refractivity contribution in [2.75, 3.05) is 11.4 Å². The molecule has 3 rings (SSSR count). The molecule has 92 valence electrons. The third-order valence-electron chi connectivity index (χ3n) is 3.67. The van der Waals surface area contributed by atoms with E-state index in [0.29, 0.717) is 0 Å². The molecular weight excluding hydrogens is 210 g/mol. The first kappa shape index (κ1) is 11.0. The van der Waals surface area contributed by atoms with E-state index in [1.807, 2.05) is 12.4 Å².